The third-order valence-electron chi connectivity index (χ3n) is 0.687. The zero-order valence-corrected chi connectivity index (χ0v) is 5.60. The first kappa shape index (κ1) is 9.33. The summed E-state index contributed by atoms with van der Waals surface area (Å²) >= 11 is 0. The maximum Gasteiger partial charge on any atom is 0.226 e. The van der Waals surface area contributed by atoms with Crippen molar-refractivity contribution < 1.29 is 5.21 Å². The van der Waals surface area contributed by atoms with Crippen LogP contribution in [0.4, 0.5) is 17.8 Å². The van der Waals surface area contributed by atoms with E-state index in [1.165, 1.54) is 0 Å². The molecule has 0 amide bonds. The van der Waals surface area contributed by atoms with Gasteiger partial charge in [0.25, 0.3) is 0 Å². The van der Waals surface area contributed by atoms with Crippen LogP contribution in [0.1, 0.15) is 0 Å². The molecule has 0 radical (unpaired) electrons. The van der Waals surface area contributed by atoms with Crippen molar-refractivity contribution in [2.45, 2.75) is 0 Å². The van der Waals surface area contributed by atoms with E-state index in [-0.39, 0.29) is 17.8 Å². The number of hydrogen-bond acceptors (Lipinski definition) is 8. The fourth-order valence-corrected chi connectivity index (χ4v) is 0.427. The van der Waals surface area contributed by atoms with Gasteiger partial charge in [0.15, 0.2) is 0 Å². The highest BCUT2D eigenvalue weighted by atomic mass is 16.4. The second kappa shape index (κ2) is 4.19. The summed E-state index contributed by atoms with van der Waals surface area (Å²) in [6.45, 7) is 0. The molecule has 8 nitrogen and oxygen atoms in total. The van der Waals surface area contributed by atoms with Gasteiger partial charge in [0.1, 0.15) is 0 Å². The Labute approximate surface area is 62.2 Å². The Balaban J connectivity index is 0.000000461. The van der Waals surface area contributed by atoms with Crippen molar-refractivity contribution in [1.29, 1.82) is 0 Å². The molecule has 0 aromatic carbocycles. The molecule has 0 saturated heterocycles. The molecule has 0 spiro atoms. The molecular weight excluding hydrogens is 150 g/mol. The fraction of sp³-hybridized carbons (Fsp3) is 0. The van der Waals surface area contributed by atoms with Gasteiger partial charge in [-0.25, -0.2) is 5.90 Å². The van der Waals surface area contributed by atoms with Crippen molar-refractivity contribution in [1.82, 2.24) is 15.0 Å². The molecule has 0 aliphatic rings. The van der Waals surface area contributed by atoms with Gasteiger partial charge in [-0.15, -0.1) is 0 Å². The lowest BCUT2D eigenvalue weighted by Crippen LogP contribution is -2.05. The van der Waals surface area contributed by atoms with Crippen LogP contribution in [0.2, 0.25) is 0 Å². The average molecular weight is 159 g/mol. The molecule has 62 valence electrons. The molecule has 0 saturated carbocycles. The number of nitrogens with zero attached hydrogens (tertiary/aromatic N) is 3. The first-order chi connectivity index (χ1) is 5.18. The summed E-state index contributed by atoms with van der Waals surface area (Å²) in [6.07, 6.45) is 0. The Morgan fingerprint density at radius 3 is 1.09 bits per heavy atom. The average Bonchev–Trinajstić information content (AvgIpc) is 1.88. The maximum absolute atomic E-state index is 6.50. The van der Waals surface area contributed by atoms with Crippen LogP contribution in [0.3, 0.4) is 0 Å². The van der Waals surface area contributed by atoms with Crippen molar-refractivity contribution in [3.63, 3.8) is 0 Å². The van der Waals surface area contributed by atoms with Gasteiger partial charge in [-0.2, -0.15) is 15.0 Å². The summed E-state index contributed by atoms with van der Waals surface area (Å²) in [5.41, 5.74) is 15.4. The zero-order chi connectivity index (χ0) is 8.85. The van der Waals surface area contributed by atoms with Gasteiger partial charge in [0, 0.05) is 0 Å². The molecule has 0 aliphatic heterocycles. The lowest BCUT2D eigenvalue weighted by molar-refractivity contribution is 0.311. The van der Waals surface area contributed by atoms with Crippen LogP contribution in [-0.4, -0.2) is 20.2 Å². The zero-order valence-electron chi connectivity index (χ0n) is 5.60. The van der Waals surface area contributed by atoms with Crippen LogP contribution in [0, 0.1) is 0 Å². The summed E-state index contributed by atoms with van der Waals surface area (Å²) in [4.78, 5) is 10.5. The standard InChI is InChI=1S/C3H6N6.H3NO/c4-1-7-2(5)9-3(6)8-1;1-2/h(H6,4,5,6,7,8,9);2H,1H2. The first-order valence-corrected chi connectivity index (χ1v) is 2.47. The van der Waals surface area contributed by atoms with Gasteiger partial charge in [0.05, 0.1) is 0 Å². The Morgan fingerprint density at radius 2 is 0.909 bits per heavy atom. The molecule has 0 fully saturated rings. The summed E-state index contributed by atoms with van der Waals surface area (Å²) in [5, 5.41) is 6.50. The second-order valence-corrected chi connectivity index (χ2v) is 1.41. The van der Waals surface area contributed by atoms with Crippen molar-refractivity contribution in [3.8, 4) is 0 Å². The van der Waals surface area contributed by atoms with E-state index >= 15 is 0 Å². The number of hydrogen-bond donors (Lipinski definition) is 5. The maximum atomic E-state index is 6.50. The predicted octanol–water partition coefficient (Wildman–Crippen LogP) is -2.05. The topological polar surface area (TPSA) is 163 Å². The molecule has 0 unspecified atom stereocenters. The Bertz CT molecular complexity index is 174. The largest absolute Gasteiger partial charge is 0.368 e. The molecule has 1 rings (SSSR count). The van der Waals surface area contributed by atoms with Crippen LogP contribution in [0.25, 0.3) is 0 Å². The number of aromatic nitrogens is 3. The summed E-state index contributed by atoms with van der Waals surface area (Å²) in [7, 11) is 0. The summed E-state index contributed by atoms with van der Waals surface area (Å²) in [5.74, 6) is 3.63. The molecule has 1 aromatic heterocycles. The van der Waals surface area contributed by atoms with E-state index in [0.29, 0.717) is 0 Å². The summed E-state index contributed by atoms with van der Waals surface area (Å²) in [6, 6.07) is 0. The van der Waals surface area contributed by atoms with Gasteiger partial charge in [-0.1, -0.05) is 0 Å². The van der Waals surface area contributed by atoms with Crippen LogP contribution >= 0.6 is 0 Å². The molecule has 0 atom stereocenters. The number of nitrogens with two attached hydrogens (primary N) is 4. The number of nitrogen functional groups attached to an aromatic ring is 3. The third kappa shape index (κ3) is 3.13. The normalized spacial score (nSPS) is 8.18. The molecule has 1 aromatic rings. The van der Waals surface area contributed by atoms with Crippen LogP contribution < -0.4 is 23.1 Å². The highest BCUT2D eigenvalue weighted by Crippen LogP contribution is 1.97. The Hall–Kier alpha value is -1.67. The van der Waals surface area contributed by atoms with Crippen molar-refractivity contribution >= 4 is 17.8 Å². The van der Waals surface area contributed by atoms with Gasteiger partial charge < -0.3 is 22.4 Å². The molecule has 8 heteroatoms. The lowest BCUT2D eigenvalue weighted by Gasteiger charge is -1.93. The minimum absolute atomic E-state index is 0.0417. The van der Waals surface area contributed by atoms with Crippen molar-refractivity contribution in [2.75, 3.05) is 17.2 Å². The van der Waals surface area contributed by atoms with Gasteiger partial charge in [0.2, 0.25) is 17.8 Å². The van der Waals surface area contributed by atoms with Gasteiger partial charge in [-0.05, 0) is 0 Å². The van der Waals surface area contributed by atoms with E-state index in [4.69, 9.17) is 22.4 Å². The lowest BCUT2D eigenvalue weighted by atomic mass is 10.9. The number of rotatable bonds is 0. The monoisotopic (exact) mass is 159 g/mol. The smallest absolute Gasteiger partial charge is 0.226 e. The van der Waals surface area contributed by atoms with E-state index in [1.54, 1.807) is 0 Å². The first-order valence-electron chi connectivity index (χ1n) is 2.47. The van der Waals surface area contributed by atoms with Crippen molar-refractivity contribution in [3.05, 3.63) is 0 Å². The molecule has 11 heavy (non-hydrogen) atoms. The second-order valence-electron chi connectivity index (χ2n) is 1.41. The Kier molecular flexibility index (Phi) is 3.56. The highest BCUT2D eigenvalue weighted by molar-refractivity contribution is 5.33. The molecule has 0 bridgehead atoms. The Morgan fingerprint density at radius 1 is 0.727 bits per heavy atom. The molecule has 1 heterocycles. The van der Waals surface area contributed by atoms with E-state index < -0.39 is 0 Å². The minimum Gasteiger partial charge on any atom is -0.368 e. The van der Waals surface area contributed by atoms with Crippen LogP contribution in [0.5, 0.6) is 0 Å². The van der Waals surface area contributed by atoms with E-state index in [9.17, 15) is 0 Å². The van der Waals surface area contributed by atoms with Crippen LogP contribution in [-0.2, 0) is 0 Å². The third-order valence-corrected chi connectivity index (χ3v) is 0.687. The SMILES string of the molecule is NO.Nc1nc(N)nc(N)n1. The predicted molar refractivity (Wildman–Crippen MR) is 39.0 cm³/mol. The summed E-state index contributed by atoms with van der Waals surface area (Å²) < 4.78 is 0. The quantitative estimate of drug-likeness (QED) is 0.270. The molecule has 9 N–H and O–H groups in total. The molecule has 0 aliphatic carbocycles. The highest BCUT2D eigenvalue weighted by Gasteiger charge is 1.93. The van der Waals surface area contributed by atoms with Crippen LogP contribution in [0.15, 0.2) is 0 Å². The van der Waals surface area contributed by atoms with Gasteiger partial charge in [-0.3, -0.25) is 0 Å². The van der Waals surface area contributed by atoms with E-state index in [1.807, 2.05) is 0 Å². The van der Waals surface area contributed by atoms with E-state index in [0.717, 1.165) is 0 Å². The van der Waals surface area contributed by atoms with Crippen molar-refractivity contribution in [2.24, 2.45) is 5.90 Å². The van der Waals surface area contributed by atoms with E-state index in [2.05, 4.69) is 20.8 Å². The molecular formula is C3H9N7O. The minimum atomic E-state index is 0.0417. The fourth-order valence-electron chi connectivity index (χ4n) is 0.427. The number of anilines is 3. The van der Waals surface area contributed by atoms with Gasteiger partial charge >= 0.3 is 0 Å².